The molecule has 2 aromatic rings. The van der Waals surface area contributed by atoms with E-state index in [9.17, 15) is 5.26 Å². The number of nitrogens with zero attached hydrogens (tertiary/aromatic N) is 1. The van der Waals surface area contributed by atoms with Gasteiger partial charge in [-0.3, -0.25) is 0 Å². The van der Waals surface area contributed by atoms with Gasteiger partial charge in [-0.15, -0.1) is 0 Å². The summed E-state index contributed by atoms with van der Waals surface area (Å²) in [6.07, 6.45) is 1.48. The first-order valence-corrected chi connectivity index (χ1v) is 7.54. The molecule has 0 aliphatic carbocycles. The molecule has 0 fully saturated rings. The normalized spacial score (nSPS) is 11.5. The zero-order valence-corrected chi connectivity index (χ0v) is 13.2. The van der Waals surface area contributed by atoms with Gasteiger partial charge < -0.3 is 9.47 Å². The first-order chi connectivity index (χ1) is 10.8. The van der Waals surface area contributed by atoms with E-state index in [0.29, 0.717) is 23.8 Å². The van der Waals surface area contributed by atoms with Gasteiger partial charge in [0.05, 0.1) is 30.7 Å². The SMILES string of the molecule is COc1ccccc1C(C#N)CCCOc1ccccc1Cl. The van der Waals surface area contributed by atoms with Gasteiger partial charge in [-0.1, -0.05) is 41.9 Å². The second-order valence-electron chi connectivity index (χ2n) is 4.84. The number of hydrogen-bond donors (Lipinski definition) is 0. The number of methoxy groups -OCH3 is 1. The molecule has 0 heterocycles. The Morgan fingerprint density at radius 3 is 2.45 bits per heavy atom. The fraction of sp³-hybridized carbons (Fsp3) is 0.278. The van der Waals surface area contributed by atoms with Crippen molar-refractivity contribution in [2.24, 2.45) is 0 Å². The summed E-state index contributed by atoms with van der Waals surface area (Å²) in [5, 5.41) is 9.99. The van der Waals surface area contributed by atoms with Crippen LogP contribution in [0.5, 0.6) is 11.5 Å². The number of ether oxygens (including phenoxy) is 2. The van der Waals surface area contributed by atoms with Crippen LogP contribution in [0.25, 0.3) is 0 Å². The van der Waals surface area contributed by atoms with Crippen LogP contribution in [0.15, 0.2) is 48.5 Å². The Balaban J connectivity index is 1.90. The molecule has 22 heavy (non-hydrogen) atoms. The molecule has 0 bridgehead atoms. The Kier molecular flexibility index (Phi) is 6.12. The largest absolute Gasteiger partial charge is 0.496 e. The number of nitriles is 1. The first-order valence-electron chi connectivity index (χ1n) is 7.16. The predicted molar refractivity (Wildman–Crippen MR) is 87.5 cm³/mol. The highest BCUT2D eigenvalue weighted by Crippen LogP contribution is 2.29. The average Bonchev–Trinajstić information content (AvgIpc) is 2.56. The summed E-state index contributed by atoms with van der Waals surface area (Å²) in [7, 11) is 1.62. The lowest BCUT2D eigenvalue weighted by atomic mass is 9.95. The lowest BCUT2D eigenvalue weighted by molar-refractivity contribution is 0.304. The smallest absolute Gasteiger partial charge is 0.137 e. The van der Waals surface area contributed by atoms with Crippen LogP contribution in [-0.2, 0) is 0 Å². The number of para-hydroxylation sites is 2. The Labute approximate surface area is 136 Å². The minimum Gasteiger partial charge on any atom is -0.496 e. The van der Waals surface area contributed by atoms with E-state index in [1.165, 1.54) is 0 Å². The van der Waals surface area contributed by atoms with Crippen molar-refractivity contribution in [3.63, 3.8) is 0 Å². The van der Waals surface area contributed by atoms with Gasteiger partial charge in [-0.25, -0.2) is 0 Å². The summed E-state index contributed by atoms with van der Waals surface area (Å²) in [5.41, 5.74) is 0.922. The lowest BCUT2D eigenvalue weighted by Crippen LogP contribution is -2.03. The van der Waals surface area contributed by atoms with E-state index < -0.39 is 0 Å². The van der Waals surface area contributed by atoms with Crippen LogP contribution in [0.4, 0.5) is 0 Å². The Hall–Kier alpha value is -2.18. The van der Waals surface area contributed by atoms with Gasteiger partial charge in [0.15, 0.2) is 0 Å². The van der Waals surface area contributed by atoms with Crippen molar-refractivity contribution in [1.29, 1.82) is 5.26 Å². The fourth-order valence-electron chi connectivity index (χ4n) is 2.28. The topological polar surface area (TPSA) is 42.2 Å². The first kappa shape index (κ1) is 16.2. The number of halogens is 1. The van der Waals surface area contributed by atoms with E-state index in [1.807, 2.05) is 42.5 Å². The maximum Gasteiger partial charge on any atom is 0.137 e. The van der Waals surface area contributed by atoms with Crippen LogP contribution in [0.1, 0.15) is 24.3 Å². The molecule has 1 atom stereocenters. The van der Waals surface area contributed by atoms with Crippen LogP contribution in [0, 0.1) is 11.3 Å². The highest BCUT2D eigenvalue weighted by molar-refractivity contribution is 6.32. The fourth-order valence-corrected chi connectivity index (χ4v) is 2.47. The molecule has 2 aromatic carbocycles. The zero-order chi connectivity index (χ0) is 15.8. The third-order valence-electron chi connectivity index (χ3n) is 3.40. The third kappa shape index (κ3) is 4.16. The molecule has 0 aliphatic rings. The molecular formula is C18H18ClNO2. The van der Waals surface area contributed by atoms with Crippen molar-refractivity contribution in [2.45, 2.75) is 18.8 Å². The number of rotatable bonds is 7. The minimum absolute atomic E-state index is 0.203. The highest BCUT2D eigenvalue weighted by Gasteiger charge is 2.15. The van der Waals surface area contributed by atoms with Crippen LogP contribution >= 0.6 is 11.6 Å². The van der Waals surface area contributed by atoms with E-state index in [4.69, 9.17) is 21.1 Å². The van der Waals surface area contributed by atoms with Gasteiger partial charge in [0.25, 0.3) is 0 Å². The molecule has 114 valence electrons. The van der Waals surface area contributed by atoms with E-state index in [-0.39, 0.29) is 5.92 Å². The summed E-state index contributed by atoms with van der Waals surface area (Å²) in [6.45, 7) is 0.525. The number of hydrogen-bond acceptors (Lipinski definition) is 3. The molecule has 3 nitrogen and oxygen atoms in total. The van der Waals surface area contributed by atoms with E-state index in [0.717, 1.165) is 17.7 Å². The molecule has 0 aliphatic heterocycles. The molecule has 2 rings (SSSR count). The summed E-state index contributed by atoms with van der Waals surface area (Å²) in [5.74, 6) is 1.22. The van der Waals surface area contributed by atoms with E-state index in [2.05, 4.69) is 6.07 Å². The van der Waals surface area contributed by atoms with Crippen LogP contribution < -0.4 is 9.47 Å². The van der Waals surface area contributed by atoms with Crippen LogP contribution in [0.2, 0.25) is 5.02 Å². The van der Waals surface area contributed by atoms with Crippen molar-refractivity contribution in [2.75, 3.05) is 13.7 Å². The molecular weight excluding hydrogens is 298 g/mol. The minimum atomic E-state index is -0.203. The van der Waals surface area contributed by atoms with Crippen molar-refractivity contribution in [3.05, 3.63) is 59.1 Å². The van der Waals surface area contributed by atoms with Gasteiger partial charge in [0.2, 0.25) is 0 Å². The Morgan fingerprint density at radius 1 is 1.09 bits per heavy atom. The van der Waals surface area contributed by atoms with Crippen molar-refractivity contribution < 1.29 is 9.47 Å². The van der Waals surface area contributed by atoms with Crippen LogP contribution in [-0.4, -0.2) is 13.7 Å². The summed E-state index contributed by atoms with van der Waals surface area (Å²) >= 11 is 6.03. The second-order valence-corrected chi connectivity index (χ2v) is 5.25. The van der Waals surface area contributed by atoms with E-state index >= 15 is 0 Å². The third-order valence-corrected chi connectivity index (χ3v) is 3.71. The molecule has 0 saturated carbocycles. The summed E-state index contributed by atoms with van der Waals surface area (Å²) in [6, 6.07) is 17.3. The molecule has 0 saturated heterocycles. The van der Waals surface area contributed by atoms with Crippen molar-refractivity contribution in [1.82, 2.24) is 0 Å². The Bertz CT molecular complexity index is 652. The summed E-state index contributed by atoms with van der Waals surface area (Å²) < 4.78 is 11.0. The molecule has 4 heteroatoms. The number of benzene rings is 2. The molecule has 0 spiro atoms. The maximum absolute atomic E-state index is 9.39. The quantitative estimate of drug-likeness (QED) is 0.688. The standard InChI is InChI=1S/C18H18ClNO2/c1-21-17-10-4-2-8-15(17)14(13-20)7-6-12-22-18-11-5-3-9-16(18)19/h2-5,8-11,14H,6-7,12H2,1H3. The van der Waals surface area contributed by atoms with Crippen molar-refractivity contribution >= 4 is 11.6 Å². The second kappa shape index (κ2) is 8.31. The maximum atomic E-state index is 9.39. The van der Waals surface area contributed by atoms with Gasteiger partial charge in [0, 0.05) is 5.56 Å². The summed E-state index contributed by atoms with van der Waals surface area (Å²) in [4.78, 5) is 0. The average molecular weight is 316 g/mol. The van der Waals surface area contributed by atoms with Gasteiger partial charge >= 0.3 is 0 Å². The lowest BCUT2D eigenvalue weighted by Gasteiger charge is -2.14. The van der Waals surface area contributed by atoms with Gasteiger partial charge in [-0.2, -0.15) is 5.26 Å². The van der Waals surface area contributed by atoms with Crippen molar-refractivity contribution in [3.8, 4) is 17.6 Å². The predicted octanol–water partition coefficient (Wildman–Crippen LogP) is 4.81. The zero-order valence-electron chi connectivity index (χ0n) is 12.5. The molecule has 0 radical (unpaired) electrons. The van der Waals surface area contributed by atoms with Crippen LogP contribution in [0.3, 0.4) is 0 Å². The van der Waals surface area contributed by atoms with Gasteiger partial charge in [-0.05, 0) is 31.0 Å². The van der Waals surface area contributed by atoms with Gasteiger partial charge in [0.1, 0.15) is 11.5 Å². The van der Waals surface area contributed by atoms with E-state index in [1.54, 1.807) is 13.2 Å². The Morgan fingerprint density at radius 2 is 1.77 bits per heavy atom. The molecule has 0 N–H and O–H groups in total. The molecule has 0 amide bonds. The highest BCUT2D eigenvalue weighted by atomic mass is 35.5. The monoisotopic (exact) mass is 315 g/mol. The molecule has 1 unspecified atom stereocenters. The molecule has 0 aromatic heterocycles.